The van der Waals surface area contributed by atoms with Crippen LogP contribution >= 0.6 is 0 Å². The maximum atomic E-state index is 9.60. The third-order valence-corrected chi connectivity index (χ3v) is 4.08. The molecule has 0 saturated carbocycles. The van der Waals surface area contributed by atoms with Gasteiger partial charge in [0.1, 0.15) is 0 Å². The molecule has 0 radical (unpaired) electrons. The zero-order valence-corrected chi connectivity index (χ0v) is 11.6. The molecule has 104 valence electrons. The molecule has 0 bridgehead atoms. The molecule has 0 aliphatic carbocycles. The number of rotatable bonds is 2. The number of hydrogen-bond acceptors (Lipinski definition) is 3. The number of aryl methyl sites for hydroxylation is 2. The topological polar surface area (TPSA) is 43.7 Å². The van der Waals surface area contributed by atoms with Crippen LogP contribution in [0, 0.1) is 0 Å². The van der Waals surface area contributed by atoms with Crippen molar-refractivity contribution < 1.29 is 10.2 Å². The number of hydrogen-bond donors (Lipinski definition) is 2. The van der Waals surface area contributed by atoms with Gasteiger partial charge < -0.3 is 15.1 Å². The second-order valence-electron chi connectivity index (χ2n) is 5.22. The average molecular weight is 269 g/mol. The van der Waals surface area contributed by atoms with E-state index in [0.29, 0.717) is 0 Å². The second kappa shape index (κ2) is 5.27. The Bertz CT molecular complexity index is 581. The summed E-state index contributed by atoms with van der Waals surface area (Å²) in [7, 11) is 2.02. The molecule has 0 saturated heterocycles. The van der Waals surface area contributed by atoms with Crippen LogP contribution in [0.4, 0.5) is 11.4 Å². The molecule has 2 aromatic rings. The van der Waals surface area contributed by atoms with Crippen LogP contribution in [-0.2, 0) is 26.1 Å². The molecule has 3 rings (SSSR count). The molecule has 2 aromatic carbocycles. The maximum absolute atomic E-state index is 9.60. The minimum atomic E-state index is 0.0319. The van der Waals surface area contributed by atoms with Crippen molar-refractivity contribution in [3.63, 3.8) is 0 Å². The third-order valence-electron chi connectivity index (χ3n) is 4.08. The number of aliphatic hydroxyl groups excluding tert-OH is 2. The van der Waals surface area contributed by atoms with Crippen molar-refractivity contribution in [2.75, 3.05) is 11.9 Å². The zero-order chi connectivity index (χ0) is 14.1. The van der Waals surface area contributed by atoms with Gasteiger partial charge in [-0.05, 0) is 24.0 Å². The standard InChI is InChI=1S/C17H19NO2/c1-18-16-12(4-2-6-14(16)10-19)8-9-13-5-3-7-15(11-20)17(13)18/h2-7,19-20H,8-11H2,1H3. The highest BCUT2D eigenvalue weighted by Gasteiger charge is 2.22. The molecule has 0 unspecified atom stereocenters. The Kier molecular flexibility index (Phi) is 3.47. The Morgan fingerprint density at radius 1 is 0.850 bits per heavy atom. The van der Waals surface area contributed by atoms with Crippen molar-refractivity contribution in [3.05, 3.63) is 58.7 Å². The van der Waals surface area contributed by atoms with Crippen LogP contribution in [0.15, 0.2) is 36.4 Å². The number of aliphatic hydroxyl groups is 2. The minimum Gasteiger partial charge on any atom is -0.392 e. The van der Waals surface area contributed by atoms with Crippen molar-refractivity contribution in [2.24, 2.45) is 0 Å². The summed E-state index contributed by atoms with van der Waals surface area (Å²) in [5.41, 5.74) is 6.53. The number of benzene rings is 2. The highest BCUT2D eigenvalue weighted by Crippen LogP contribution is 2.39. The Morgan fingerprint density at radius 3 is 1.70 bits per heavy atom. The SMILES string of the molecule is CN1c2c(CO)cccc2CCc2cccc(CO)c21. The van der Waals surface area contributed by atoms with E-state index in [1.807, 2.05) is 31.3 Å². The predicted molar refractivity (Wildman–Crippen MR) is 80.2 cm³/mol. The third kappa shape index (κ3) is 1.99. The fraction of sp³-hybridized carbons (Fsp3) is 0.294. The van der Waals surface area contributed by atoms with E-state index in [2.05, 4.69) is 17.0 Å². The summed E-state index contributed by atoms with van der Waals surface area (Å²) in [5, 5.41) is 19.2. The van der Waals surface area contributed by atoms with Crippen LogP contribution in [0.1, 0.15) is 22.3 Å². The summed E-state index contributed by atoms with van der Waals surface area (Å²) < 4.78 is 0. The monoisotopic (exact) mass is 269 g/mol. The summed E-state index contributed by atoms with van der Waals surface area (Å²) >= 11 is 0. The van der Waals surface area contributed by atoms with Gasteiger partial charge in [-0.25, -0.2) is 0 Å². The highest BCUT2D eigenvalue weighted by molar-refractivity contribution is 5.75. The molecule has 2 N–H and O–H groups in total. The molecule has 1 heterocycles. The van der Waals surface area contributed by atoms with Crippen LogP contribution in [0.2, 0.25) is 0 Å². The first-order valence-electron chi connectivity index (χ1n) is 6.93. The molecular formula is C17H19NO2. The Balaban J connectivity index is 2.23. The van der Waals surface area contributed by atoms with E-state index in [9.17, 15) is 10.2 Å². The number of nitrogens with zero attached hydrogens (tertiary/aromatic N) is 1. The lowest BCUT2D eigenvalue weighted by molar-refractivity contribution is 0.281. The lowest BCUT2D eigenvalue weighted by Gasteiger charge is -2.26. The van der Waals surface area contributed by atoms with E-state index in [1.165, 1.54) is 11.1 Å². The van der Waals surface area contributed by atoms with Crippen molar-refractivity contribution in [1.29, 1.82) is 0 Å². The van der Waals surface area contributed by atoms with Gasteiger partial charge in [-0.2, -0.15) is 0 Å². The van der Waals surface area contributed by atoms with Gasteiger partial charge in [-0.3, -0.25) is 0 Å². The van der Waals surface area contributed by atoms with Gasteiger partial charge in [0.25, 0.3) is 0 Å². The predicted octanol–water partition coefficient (Wildman–Crippen LogP) is 2.54. The smallest absolute Gasteiger partial charge is 0.0702 e. The quantitative estimate of drug-likeness (QED) is 0.880. The number of fused-ring (bicyclic) bond motifs is 2. The average Bonchev–Trinajstić information content (AvgIpc) is 2.64. The van der Waals surface area contributed by atoms with Gasteiger partial charge in [0.05, 0.1) is 13.2 Å². The highest BCUT2D eigenvalue weighted by atomic mass is 16.3. The molecule has 3 nitrogen and oxygen atoms in total. The second-order valence-corrected chi connectivity index (χ2v) is 5.22. The Labute approximate surface area is 119 Å². The van der Waals surface area contributed by atoms with Crippen LogP contribution in [0.3, 0.4) is 0 Å². The van der Waals surface area contributed by atoms with E-state index in [1.54, 1.807) is 0 Å². The fourth-order valence-corrected chi connectivity index (χ4v) is 3.19. The van der Waals surface area contributed by atoms with E-state index >= 15 is 0 Å². The molecule has 20 heavy (non-hydrogen) atoms. The summed E-state index contributed by atoms with van der Waals surface area (Å²) in [6.45, 7) is 0.0638. The molecule has 3 heteroatoms. The minimum absolute atomic E-state index is 0.0319. The Hall–Kier alpha value is -1.84. The molecule has 0 atom stereocenters. The van der Waals surface area contributed by atoms with E-state index in [4.69, 9.17) is 0 Å². The van der Waals surface area contributed by atoms with Crippen molar-refractivity contribution in [1.82, 2.24) is 0 Å². The van der Waals surface area contributed by atoms with Crippen LogP contribution in [-0.4, -0.2) is 17.3 Å². The van der Waals surface area contributed by atoms with Gasteiger partial charge in [0.2, 0.25) is 0 Å². The molecule has 0 fully saturated rings. The summed E-state index contributed by atoms with van der Waals surface area (Å²) in [6.07, 6.45) is 1.91. The van der Waals surface area contributed by atoms with Gasteiger partial charge >= 0.3 is 0 Å². The van der Waals surface area contributed by atoms with Crippen LogP contribution in [0.25, 0.3) is 0 Å². The first-order chi connectivity index (χ1) is 9.76. The molecule has 0 spiro atoms. The number of anilines is 2. The van der Waals surface area contributed by atoms with E-state index in [0.717, 1.165) is 35.3 Å². The lowest BCUT2D eigenvalue weighted by atomic mass is 10.0. The molecule has 1 aliphatic heterocycles. The van der Waals surface area contributed by atoms with Gasteiger partial charge in [0.15, 0.2) is 0 Å². The first-order valence-corrected chi connectivity index (χ1v) is 6.93. The van der Waals surface area contributed by atoms with E-state index < -0.39 is 0 Å². The van der Waals surface area contributed by atoms with Gasteiger partial charge in [-0.15, -0.1) is 0 Å². The van der Waals surface area contributed by atoms with Crippen molar-refractivity contribution in [2.45, 2.75) is 26.1 Å². The largest absolute Gasteiger partial charge is 0.392 e. The van der Waals surface area contributed by atoms with Crippen LogP contribution in [0.5, 0.6) is 0 Å². The summed E-state index contributed by atoms with van der Waals surface area (Å²) in [5.74, 6) is 0. The first kappa shape index (κ1) is 13.2. The van der Waals surface area contributed by atoms with Gasteiger partial charge in [0, 0.05) is 29.5 Å². The maximum Gasteiger partial charge on any atom is 0.0702 e. The van der Waals surface area contributed by atoms with Gasteiger partial charge in [-0.1, -0.05) is 36.4 Å². The summed E-state index contributed by atoms with van der Waals surface area (Å²) in [4.78, 5) is 2.12. The molecule has 0 aromatic heterocycles. The lowest BCUT2D eigenvalue weighted by Crippen LogP contribution is -2.15. The van der Waals surface area contributed by atoms with Crippen molar-refractivity contribution >= 4 is 11.4 Å². The number of para-hydroxylation sites is 2. The molecule has 1 aliphatic rings. The van der Waals surface area contributed by atoms with Crippen LogP contribution < -0.4 is 4.90 Å². The Morgan fingerprint density at radius 2 is 1.30 bits per heavy atom. The normalized spacial score (nSPS) is 13.7. The fourth-order valence-electron chi connectivity index (χ4n) is 3.19. The molecule has 0 amide bonds. The summed E-state index contributed by atoms with van der Waals surface area (Å²) in [6, 6.07) is 12.2. The van der Waals surface area contributed by atoms with Crippen molar-refractivity contribution in [3.8, 4) is 0 Å². The molecular weight excluding hydrogens is 250 g/mol. The van der Waals surface area contributed by atoms with E-state index in [-0.39, 0.29) is 13.2 Å². The zero-order valence-electron chi connectivity index (χ0n) is 11.6.